The lowest BCUT2D eigenvalue weighted by Gasteiger charge is -2.21. The topological polar surface area (TPSA) is 0 Å². The molecule has 0 aromatic heterocycles. The molecule has 0 aromatic rings. The summed E-state index contributed by atoms with van der Waals surface area (Å²) in [5, 5.41) is 3.53. The smallest absolute Gasteiger partial charge is 0.0612 e. The largest absolute Gasteiger partial charge is 0.168 e. The van der Waals surface area contributed by atoms with Gasteiger partial charge in [0.1, 0.15) is 0 Å². The Balaban J connectivity index is 4.02. The van der Waals surface area contributed by atoms with Crippen LogP contribution >= 0.6 is 109 Å². The van der Waals surface area contributed by atoms with E-state index in [0.29, 0.717) is 9.16 Å². The second-order valence-corrected chi connectivity index (χ2v) is 12.0. The Morgan fingerprint density at radius 3 is 1.35 bits per heavy atom. The van der Waals surface area contributed by atoms with E-state index in [1.54, 1.807) is 0 Å². The molecule has 17 heavy (non-hydrogen) atoms. The highest BCUT2D eigenvalue weighted by Crippen LogP contribution is 2.37. The predicted octanol–water partition coefficient (Wildman–Crippen LogP) is 4.85. The molecular formula is C8H18S9. The van der Waals surface area contributed by atoms with E-state index in [4.69, 9.17) is 0 Å². The zero-order valence-corrected chi connectivity index (χ0v) is 16.9. The van der Waals surface area contributed by atoms with E-state index in [-0.39, 0.29) is 0 Å². The fraction of sp³-hybridized carbons (Fsp3) is 1.00. The maximum atomic E-state index is 4.31. The average Bonchev–Trinajstić information content (AvgIpc) is 2.33. The maximum absolute atomic E-state index is 4.31. The predicted molar refractivity (Wildman–Crippen MR) is 111 cm³/mol. The van der Waals surface area contributed by atoms with Crippen LogP contribution in [0.15, 0.2) is 0 Å². The zero-order valence-electron chi connectivity index (χ0n) is 9.23. The SMILES string of the molecule is SCSCC(SCS)SC(CSCS)SCS. The van der Waals surface area contributed by atoms with Crippen molar-refractivity contribution in [3.8, 4) is 0 Å². The van der Waals surface area contributed by atoms with Crippen molar-refractivity contribution in [2.45, 2.75) is 9.16 Å². The number of hydrogen-bond donors (Lipinski definition) is 4. The molecular weight excluding hydrogens is 385 g/mol. The lowest BCUT2D eigenvalue weighted by Crippen LogP contribution is -2.11. The van der Waals surface area contributed by atoms with Gasteiger partial charge in [-0.15, -0.1) is 58.8 Å². The van der Waals surface area contributed by atoms with Crippen molar-refractivity contribution in [1.29, 1.82) is 0 Å². The van der Waals surface area contributed by atoms with E-state index in [1.165, 1.54) is 0 Å². The van der Waals surface area contributed by atoms with E-state index in [1.807, 2.05) is 58.8 Å². The van der Waals surface area contributed by atoms with Gasteiger partial charge in [0, 0.05) is 31.8 Å². The van der Waals surface area contributed by atoms with Crippen molar-refractivity contribution in [3.63, 3.8) is 0 Å². The first-order chi connectivity index (χ1) is 8.28. The molecule has 104 valence electrons. The zero-order chi connectivity index (χ0) is 12.9. The number of thiol groups is 4. The van der Waals surface area contributed by atoms with Gasteiger partial charge < -0.3 is 0 Å². The van der Waals surface area contributed by atoms with Crippen molar-refractivity contribution in [3.05, 3.63) is 0 Å². The molecule has 0 fully saturated rings. The normalized spacial score (nSPS) is 14.8. The second-order valence-electron chi connectivity index (χ2n) is 2.59. The third-order valence-corrected chi connectivity index (χ3v) is 9.65. The van der Waals surface area contributed by atoms with Gasteiger partial charge in [-0.3, -0.25) is 0 Å². The Morgan fingerprint density at radius 1 is 0.647 bits per heavy atom. The fourth-order valence-electron chi connectivity index (χ4n) is 0.887. The van der Waals surface area contributed by atoms with Crippen LogP contribution < -0.4 is 0 Å². The van der Waals surface area contributed by atoms with Crippen LogP contribution in [0.2, 0.25) is 0 Å². The van der Waals surface area contributed by atoms with Gasteiger partial charge in [0.05, 0.1) is 9.16 Å². The molecule has 0 spiro atoms. The first-order valence-corrected chi connectivity index (χ1v) is 12.6. The Bertz CT molecular complexity index is 140. The van der Waals surface area contributed by atoms with Crippen molar-refractivity contribution in [2.75, 3.05) is 31.8 Å². The van der Waals surface area contributed by atoms with E-state index >= 15 is 0 Å². The van der Waals surface area contributed by atoms with E-state index < -0.39 is 0 Å². The third kappa shape index (κ3) is 12.6. The monoisotopic (exact) mass is 402 g/mol. The van der Waals surface area contributed by atoms with Gasteiger partial charge in [0.25, 0.3) is 0 Å². The molecule has 0 heterocycles. The van der Waals surface area contributed by atoms with Crippen molar-refractivity contribution < 1.29 is 0 Å². The Labute approximate surface area is 149 Å². The summed E-state index contributed by atoms with van der Waals surface area (Å²) in [4.78, 5) is 0. The van der Waals surface area contributed by atoms with Crippen LogP contribution in [0.5, 0.6) is 0 Å². The van der Waals surface area contributed by atoms with Crippen LogP contribution in [0, 0.1) is 0 Å². The molecule has 2 unspecified atom stereocenters. The molecule has 0 rings (SSSR count). The maximum Gasteiger partial charge on any atom is 0.0612 e. The Hall–Kier alpha value is 3.15. The second kappa shape index (κ2) is 15.5. The van der Waals surface area contributed by atoms with Crippen LogP contribution in [0.3, 0.4) is 0 Å². The molecule has 0 bridgehead atoms. The first-order valence-electron chi connectivity index (χ1n) is 4.76. The molecule has 2 atom stereocenters. The quantitative estimate of drug-likeness (QED) is 0.271. The van der Waals surface area contributed by atoms with Crippen LogP contribution in [0.25, 0.3) is 0 Å². The highest BCUT2D eigenvalue weighted by atomic mass is 32.3. The lowest BCUT2D eigenvalue weighted by atomic mass is 10.9. The van der Waals surface area contributed by atoms with Crippen LogP contribution in [0.4, 0.5) is 0 Å². The summed E-state index contributed by atoms with van der Waals surface area (Å²) < 4.78 is 1.20. The highest BCUT2D eigenvalue weighted by Gasteiger charge is 2.17. The minimum atomic E-state index is 0.600. The molecule has 0 aromatic carbocycles. The van der Waals surface area contributed by atoms with Gasteiger partial charge >= 0.3 is 0 Å². The first kappa shape index (κ1) is 20.1. The summed E-state index contributed by atoms with van der Waals surface area (Å²) in [5.41, 5.74) is 0. The number of thioether (sulfide) groups is 5. The molecule has 0 aliphatic carbocycles. The van der Waals surface area contributed by atoms with Crippen molar-refractivity contribution in [1.82, 2.24) is 0 Å². The standard InChI is InChI=1S/C8H18S9/c9-3-13-1-7(15-5-11)17-8(16-6-12)2-14-4-10/h7-12H,1-6H2. The number of hydrogen-bond acceptors (Lipinski definition) is 9. The molecule has 0 saturated heterocycles. The van der Waals surface area contributed by atoms with Crippen molar-refractivity contribution >= 4 is 109 Å². The molecule has 0 aliphatic rings. The molecule has 0 N–H and O–H groups in total. The fourth-order valence-corrected chi connectivity index (χ4v) is 9.08. The Kier molecular flexibility index (Phi) is 18.4. The minimum absolute atomic E-state index is 0.600. The third-order valence-electron chi connectivity index (χ3n) is 1.51. The van der Waals surface area contributed by atoms with E-state index in [2.05, 4.69) is 50.5 Å². The summed E-state index contributed by atoms with van der Waals surface area (Å²) >= 11 is 26.7. The summed E-state index contributed by atoms with van der Waals surface area (Å²) in [7, 11) is 0. The number of rotatable bonds is 12. The van der Waals surface area contributed by atoms with Gasteiger partial charge in [-0.2, -0.15) is 50.5 Å². The van der Waals surface area contributed by atoms with Gasteiger partial charge in [0.2, 0.25) is 0 Å². The van der Waals surface area contributed by atoms with Gasteiger partial charge in [-0.05, 0) is 0 Å². The molecule has 0 amide bonds. The Morgan fingerprint density at radius 2 is 1.06 bits per heavy atom. The van der Waals surface area contributed by atoms with Crippen LogP contribution in [-0.2, 0) is 0 Å². The van der Waals surface area contributed by atoms with E-state index in [9.17, 15) is 0 Å². The van der Waals surface area contributed by atoms with Gasteiger partial charge in [-0.1, -0.05) is 0 Å². The lowest BCUT2D eigenvalue weighted by molar-refractivity contribution is 1.38. The summed E-state index contributed by atoms with van der Waals surface area (Å²) in [6, 6.07) is 0. The van der Waals surface area contributed by atoms with Gasteiger partial charge in [-0.25, -0.2) is 0 Å². The van der Waals surface area contributed by atoms with Crippen LogP contribution in [0.1, 0.15) is 0 Å². The van der Waals surface area contributed by atoms with Crippen LogP contribution in [-0.4, -0.2) is 41.0 Å². The molecule has 0 aliphatic heterocycles. The summed E-state index contributed by atoms with van der Waals surface area (Å²) in [5.74, 6) is 2.27. The average molecular weight is 403 g/mol. The summed E-state index contributed by atoms with van der Waals surface area (Å²) in [6.07, 6.45) is 0. The van der Waals surface area contributed by atoms with E-state index in [0.717, 1.165) is 31.8 Å². The van der Waals surface area contributed by atoms with Crippen molar-refractivity contribution in [2.24, 2.45) is 0 Å². The highest BCUT2D eigenvalue weighted by molar-refractivity contribution is 8.28. The molecule has 0 radical (unpaired) electrons. The molecule has 0 nitrogen and oxygen atoms in total. The minimum Gasteiger partial charge on any atom is -0.168 e. The summed E-state index contributed by atoms with van der Waals surface area (Å²) in [6.45, 7) is 0. The van der Waals surface area contributed by atoms with Gasteiger partial charge in [0.15, 0.2) is 0 Å². The molecule has 0 saturated carbocycles. The molecule has 9 heteroatoms.